The van der Waals surface area contributed by atoms with Crippen LogP contribution in [0.5, 0.6) is 0 Å². The predicted molar refractivity (Wildman–Crippen MR) is 89.9 cm³/mol. The van der Waals surface area contributed by atoms with Gasteiger partial charge >= 0.3 is 12.0 Å². The van der Waals surface area contributed by atoms with E-state index < -0.39 is 29.8 Å². The number of carboxylic acid groups (broad SMARTS) is 1. The number of urea groups is 1. The molecule has 25 heavy (non-hydrogen) atoms. The summed E-state index contributed by atoms with van der Waals surface area (Å²) >= 11 is 0. The molecule has 0 aliphatic carbocycles. The number of benzene rings is 1. The number of carboxylic acids is 1. The van der Waals surface area contributed by atoms with Gasteiger partial charge in [0.1, 0.15) is 11.5 Å². The van der Waals surface area contributed by atoms with E-state index in [4.69, 9.17) is 5.11 Å². The highest BCUT2D eigenvalue weighted by atomic mass is 19.1. The third kappa shape index (κ3) is 4.56. The highest BCUT2D eigenvalue weighted by molar-refractivity contribution is 5.76. The number of nitrogens with one attached hydrogen (secondary N) is 1. The third-order valence-electron chi connectivity index (χ3n) is 3.88. The maximum absolute atomic E-state index is 14.3. The van der Waals surface area contributed by atoms with Gasteiger partial charge in [0.2, 0.25) is 0 Å². The molecule has 8 heteroatoms. The van der Waals surface area contributed by atoms with E-state index in [9.17, 15) is 14.0 Å². The fourth-order valence-corrected chi connectivity index (χ4v) is 2.34. The first kappa shape index (κ1) is 18.4. The van der Waals surface area contributed by atoms with Gasteiger partial charge in [0.15, 0.2) is 0 Å². The smallest absolute Gasteiger partial charge is 0.317 e. The molecule has 134 valence electrons. The summed E-state index contributed by atoms with van der Waals surface area (Å²) in [5, 5.41) is 15.6. The number of aliphatic carboxylic acids is 1. The van der Waals surface area contributed by atoms with Gasteiger partial charge in [-0.15, -0.1) is 0 Å². The molecule has 2 amide bonds. The lowest BCUT2D eigenvalue weighted by molar-refractivity contribution is -0.141. The van der Waals surface area contributed by atoms with Crippen molar-refractivity contribution in [3.8, 4) is 5.69 Å². The molecule has 0 radical (unpaired) electrons. The Labute approximate surface area is 145 Å². The molecule has 1 aromatic heterocycles. The second kappa shape index (κ2) is 7.78. The van der Waals surface area contributed by atoms with Crippen molar-refractivity contribution in [3.05, 3.63) is 48.0 Å². The molecule has 2 aromatic rings. The summed E-state index contributed by atoms with van der Waals surface area (Å²) in [6, 6.07) is 5.50. The molecule has 0 saturated heterocycles. The van der Waals surface area contributed by atoms with Crippen LogP contribution in [0.15, 0.2) is 36.7 Å². The number of hydrogen-bond donors (Lipinski definition) is 2. The standard InChI is InChI=1S/C17H21FN4O3/c1-11(16(23)24)10-21(3)17(25)20-12(2)13-5-6-15(14(18)9-13)22-8-4-7-19-22/h4-9,11-12H,10H2,1-3H3,(H,20,25)(H,23,24)/t11?,12-/m1/s1. The van der Waals surface area contributed by atoms with Gasteiger partial charge in [-0.25, -0.2) is 13.9 Å². The van der Waals surface area contributed by atoms with Crippen LogP contribution in [0.2, 0.25) is 0 Å². The summed E-state index contributed by atoms with van der Waals surface area (Å²) in [4.78, 5) is 24.3. The summed E-state index contributed by atoms with van der Waals surface area (Å²) in [6.45, 7) is 3.34. The SMILES string of the molecule is CC(CN(C)C(=O)N[C@H](C)c1ccc(-n2cccn2)c(F)c1)C(=O)O. The van der Waals surface area contributed by atoms with Crippen molar-refractivity contribution in [1.82, 2.24) is 20.0 Å². The van der Waals surface area contributed by atoms with E-state index in [2.05, 4.69) is 10.4 Å². The van der Waals surface area contributed by atoms with E-state index in [1.165, 1.54) is 29.6 Å². The zero-order valence-corrected chi connectivity index (χ0v) is 14.3. The molecule has 2 atom stereocenters. The van der Waals surface area contributed by atoms with Gasteiger partial charge in [0.05, 0.1) is 12.0 Å². The van der Waals surface area contributed by atoms with Crippen molar-refractivity contribution in [2.24, 2.45) is 5.92 Å². The number of rotatable bonds is 6. The van der Waals surface area contributed by atoms with Crippen molar-refractivity contribution in [1.29, 1.82) is 0 Å². The van der Waals surface area contributed by atoms with Crippen LogP contribution in [0.1, 0.15) is 25.5 Å². The molecule has 2 rings (SSSR count). The summed E-state index contributed by atoms with van der Waals surface area (Å²) in [7, 11) is 1.52. The summed E-state index contributed by atoms with van der Waals surface area (Å²) in [5.41, 5.74) is 0.918. The molecule has 1 aromatic carbocycles. The molecule has 0 saturated carbocycles. The fourth-order valence-electron chi connectivity index (χ4n) is 2.34. The summed E-state index contributed by atoms with van der Waals surface area (Å²) < 4.78 is 15.7. The minimum atomic E-state index is -0.969. The Kier molecular flexibility index (Phi) is 5.74. The molecular formula is C17H21FN4O3. The summed E-state index contributed by atoms with van der Waals surface area (Å²) in [6.07, 6.45) is 3.20. The molecule has 0 fully saturated rings. The molecular weight excluding hydrogens is 327 g/mol. The zero-order valence-electron chi connectivity index (χ0n) is 14.3. The monoisotopic (exact) mass is 348 g/mol. The molecule has 2 N–H and O–H groups in total. The van der Waals surface area contributed by atoms with Crippen LogP contribution in [-0.4, -0.2) is 45.4 Å². The van der Waals surface area contributed by atoms with Crippen LogP contribution in [0.3, 0.4) is 0 Å². The van der Waals surface area contributed by atoms with Crippen LogP contribution in [0.4, 0.5) is 9.18 Å². The summed E-state index contributed by atoms with van der Waals surface area (Å²) in [5.74, 6) is -2.09. The fraction of sp³-hybridized carbons (Fsp3) is 0.353. The van der Waals surface area contributed by atoms with E-state index in [-0.39, 0.29) is 6.54 Å². The van der Waals surface area contributed by atoms with Gasteiger partial charge in [0.25, 0.3) is 0 Å². The van der Waals surface area contributed by atoms with Gasteiger partial charge in [-0.3, -0.25) is 4.79 Å². The van der Waals surface area contributed by atoms with E-state index in [1.54, 1.807) is 37.5 Å². The van der Waals surface area contributed by atoms with Crippen LogP contribution >= 0.6 is 0 Å². The Bertz CT molecular complexity index is 748. The molecule has 1 heterocycles. The average Bonchev–Trinajstić information content (AvgIpc) is 3.08. The number of halogens is 1. The van der Waals surface area contributed by atoms with Crippen molar-refractivity contribution in [3.63, 3.8) is 0 Å². The number of amides is 2. The lowest BCUT2D eigenvalue weighted by Crippen LogP contribution is -2.41. The van der Waals surface area contributed by atoms with Gasteiger partial charge in [-0.1, -0.05) is 13.0 Å². The van der Waals surface area contributed by atoms with Crippen LogP contribution < -0.4 is 5.32 Å². The highest BCUT2D eigenvalue weighted by Crippen LogP contribution is 2.19. The number of carbonyl (C=O) groups is 2. The Morgan fingerprint density at radius 1 is 1.40 bits per heavy atom. The first-order chi connectivity index (χ1) is 11.8. The first-order valence-electron chi connectivity index (χ1n) is 7.83. The van der Waals surface area contributed by atoms with E-state index in [0.29, 0.717) is 11.3 Å². The largest absolute Gasteiger partial charge is 0.481 e. The molecule has 1 unspecified atom stereocenters. The normalized spacial score (nSPS) is 13.1. The highest BCUT2D eigenvalue weighted by Gasteiger charge is 2.19. The van der Waals surface area contributed by atoms with E-state index in [1.807, 2.05) is 0 Å². The van der Waals surface area contributed by atoms with Gasteiger partial charge < -0.3 is 15.3 Å². The lowest BCUT2D eigenvalue weighted by Gasteiger charge is -2.23. The van der Waals surface area contributed by atoms with Crippen molar-refractivity contribution >= 4 is 12.0 Å². The van der Waals surface area contributed by atoms with Crippen molar-refractivity contribution < 1.29 is 19.1 Å². The van der Waals surface area contributed by atoms with Gasteiger partial charge in [0, 0.05) is 26.0 Å². The molecule has 0 bridgehead atoms. The molecule has 0 spiro atoms. The van der Waals surface area contributed by atoms with Crippen molar-refractivity contribution in [2.45, 2.75) is 19.9 Å². The predicted octanol–water partition coefficient (Wildman–Crippen LogP) is 2.43. The van der Waals surface area contributed by atoms with Gasteiger partial charge in [-0.2, -0.15) is 5.10 Å². The number of hydrogen-bond acceptors (Lipinski definition) is 3. The van der Waals surface area contributed by atoms with Crippen LogP contribution in [0, 0.1) is 11.7 Å². The maximum Gasteiger partial charge on any atom is 0.317 e. The molecule has 0 aliphatic heterocycles. The average molecular weight is 348 g/mol. The maximum atomic E-state index is 14.3. The molecule has 0 aliphatic rings. The second-order valence-corrected chi connectivity index (χ2v) is 5.95. The third-order valence-corrected chi connectivity index (χ3v) is 3.88. The van der Waals surface area contributed by atoms with E-state index >= 15 is 0 Å². The van der Waals surface area contributed by atoms with Gasteiger partial charge in [-0.05, 0) is 30.7 Å². The Hall–Kier alpha value is -2.90. The second-order valence-electron chi connectivity index (χ2n) is 5.95. The number of aromatic nitrogens is 2. The quantitative estimate of drug-likeness (QED) is 0.839. The Morgan fingerprint density at radius 3 is 2.68 bits per heavy atom. The first-order valence-corrected chi connectivity index (χ1v) is 7.83. The Morgan fingerprint density at radius 2 is 2.12 bits per heavy atom. The van der Waals surface area contributed by atoms with E-state index in [0.717, 1.165) is 0 Å². The zero-order chi connectivity index (χ0) is 18.6. The van der Waals surface area contributed by atoms with Crippen LogP contribution in [-0.2, 0) is 4.79 Å². The minimum Gasteiger partial charge on any atom is -0.481 e. The number of nitrogens with zero attached hydrogens (tertiary/aromatic N) is 3. The lowest BCUT2D eigenvalue weighted by atomic mass is 10.1. The van der Waals surface area contributed by atoms with Crippen molar-refractivity contribution in [2.75, 3.05) is 13.6 Å². The molecule has 7 nitrogen and oxygen atoms in total. The number of carbonyl (C=O) groups excluding carboxylic acids is 1. The van der Waals surface area contributed by atoms with Crippen LogP contribution in [0.25, 0.3) is 5.69 Å². The topological polar surface area (TPSA) is 87.5 Å². The minimum absolute atomic E-state index is 0.0838. The Balaban J connectivity index is 2.03.